The summed E-state index contributed by atoms with van der Waals surface area (Å²) in [4.78, 5) is 2.51. The minimum atomic E-state index is 1.14. The molecule has 0 aliphatic carbocycles. The molecule has 20 heavy (non-hydrogen) atoms. The van der Waals surface area contributed by atoms with Gasteiger partial charge in [-0.3, -0.25) is 0 Å². The van der Waals surface area contributed by atoms with Gasteiger partial charge in [0, 0.05) is 18.8 Å². The topological polar surface area (TPSA) is 3.24 Å². The van der Waals surface area contributed by atoms with Gasteiger partial charge in [-0.25, -0.2) is 0 Å². The van der Waals surface area contributed by atoms with Crippen LogP contribution in [0.4, 0.5) is 5.69 Å². The lowest BCUT2D eigenvalue weighted by Gasteiger charge is -2.32. The molecule has 1 aromatic carbocycles. The predicted molar refractivity (Wildman–Crippen MR) is 96.2 cm³/mol. The van der Waals surface area contributed by atoms with Crippen LogP contribution in [0, 0.1) is 13.8 Å². The molecule has 0 bridgehead atoms. The van der Waals surface area contributed by atoms with Crippen molar-refractivity contribution in [3.05, 3.63) is 28.8 Å². The van der Waals surface area contributed by atoms with Crippen molar-refractivity contribution in [1.29, 1.82) is 0 Å². The van der Waals surface area contributed by atoms with Crippen molar-refractivity contribution in [3.63, 3.8) is 0 Å². The Morgan fingerprint density at radius 1 is 0.950 bits per heavy atom. The fraction of sp³-hybridized carbons (Fsp3) is 0.684. The van der Waals surface area contributed by atoms with E-state index in [1.807, 2.05) is 41.5 Å². The third-order valence-electron chi connectivity index (χ3n) is 3.10. The number of fused-ring (bicyclic) bond motifs is 1. The van der Waals surface area contributed by atoms with Gasteiger partial charge in [-0.15, -0.1) is 0 Å². The number of aryl methyl sites for hydroxylation is 3. The zero-order valence-corrected chi connectivity index (χ0v) is 15.4. The molecule has 0 fully saturated rings. The maximum atomic E-state index is 2.51. The molecule has 1 aliphatic rings. The van der Waals surface area contributed by atoms with Crippen molar-refractivity contribution < 1.29 is 0 Å². The fourth-order valence-electron chi connectivity index (χ4n) is 2.58. The summed E-state index contributed by atoms with van der Waals surface area (Å²) in [5, 5.41) is 0. The van der Waals surface area contributed by atoms with Crippen molar-refractivity contribution in [1.82, 2.24) is 0 Å². The molecular formula is C19H37N. The molecule has 1 aromatic rings. The average Bonchev–Trinajstić information content (AvgIpc) is 2.52. The van der Waals surface area contributed by atoms with Crippen molar-refractivity contribution in [2.75, 3.05) is 18.0 Å². The van der Waals surface area contributed by atoms with Crippen molar-refractivity contribution in [2.45, 2.75) is 75.2 Å². The second kappa shape index (κ2) is 13.0. The normalized spacial score (nSPS) is 11.8. The van der Waals surface area contributed by atoms with Crippen LogP contribution in [0.1, 0.15) is 71.6 Å². The van der Waals surface area contributed by atoms with Crippen molar-refractivity contribution >= 4 is 5.69 Å². The Balaban J connectivity index is 0. The van der Waals surface area contributed by atoms with Gasteiger partial charge in [0.2, 0.25) is 0 Å². The van der Waals surface area contributed by atoms with Crippen LogP contribution in [0.5, 0.6) is 0 Å². The Kier molecular flexibility index (Phi) is 13.9. The van der Waals surface area contributed by atoms with Crippen molar-refractivity contribution in [3.8, 4) is 0 Å². The third kappa shape index (κ3) is 5.98. The van der Waals surface area contributed by atoms with Crippen LogP contribution in [-0.2, 0) is 6.42 Å². The molecule has 0 spiro atoms. The molecule has 0 saturated carbocycles. The van der Waals surface area contributed by atoms with Gasteiger partial charge in [0.05, 0.1) is 0 Å². The number of hydrogen-bond donors (Lipinski definition) is 0. The Bertz CT molecular complexity index is 342. The van der Waals surface area contributed by atoms with E-state index in [0.717, 1.165) is 6.54 Å². The Hall–Kier alpha value is -0.980. The summed E-state index contributed by atoms with van der Waals surface area (Å²) in [6, 6.07) is 4.65. The molecule has 118 valence electrons. The minimum Gasteiger partial charge on any atom is -0.371 e. The van der Waals surface area contributed by atoms with E-state index in [-0.39, 0.29) is 0 Å². The zero-order chi connectivity index (χ0) is 16.1. The van der Waals surface area contributed by atoms with Crippen LogP contribution in [0.25, 0.3) is 0 Å². The van der Waals surface area contributed by atoms with Crippen LogP contribution < -0.4 is 4.90 Å². The number of hydrogen-bond acceptors (Lipinski definition) is 1. The van der Waals surface area contributed by atoms with E-state index in [1.54, 1.807) is 5.56 Å². The molecule has 0 amide bonds. The third-order valence-corrected chi connectivity index (χ3v) is 3.10. The van der Waals surface area contributed by atoms with Gasteiger partial charge in [0.1, 0.15) is 0 Å². The number of benzene rings is 1. The molecule has 1 heteroatoms. The lowest BCUT2D eigenvalue weighted by Crippen LogP contribution is -2.29. The molecule has 0 aromatic heterocycles. The zero-order valence-electron chi connectivity index (χ0n) is 15.4. The fourth-order valence-corrected chi connectivity index (χ4v) is 2.58. The second-order valence-corrected chi connectivity index (χ2v) is 4.27. The first-order valence-electron chi connectivity index (χ1n) is 8.57. The molecule has 0 unspecified atom stereocenters. The molecule has 1 aliphatic heterocycles. The lowest BCUT2D eigenvalue weighted by atomic mass is 9.96. The van der Waals surface area contributed by atoms with Crippen molar-refractivity contribution in [2.24, 2.45) is 0 Å². The molecule has 1 heterocycles. The summed E-state index contributed by atoms with van der Waals surface area (Å²) >= 11 is 0. The second-order valence-electron chi connectivity index (χ2n) is 4.27. The first-order chi connectivity index (χ1) is 9.72. The molecule has 1 nitrogen and oxygen atoms in total. The van der Waals surface area contributed by atoms with E-state index in [2.05, 4.69) is 37.8 Å². The molecule has 0 N–H and O–H groups in total. The Morgan fingerprint density at radius 2 is 1.50 bits per heavy atom. The van der Waals surface area contributed by atoms with Gasteiger partial charge in [-0.1, -0.05) is 59.2 Å². The largest absolute Gasteiger partial charge is 0.371 e. The van der Waals surface area contributed by atoms with E-state index in [1.165, 1.54) is 36.2 Å². The van der Waals surface area contributed by atoms with Crippen LogP contribution in [0.2, 0.25) is 0 Å². The highest BCUT2D eigenvalue weighted by molar-refractivity contribution is 5.62. The minimum absolute atomic E-state index is 1.14. The maximum Gasteiger partial charge on any atom is 0.0428 e. The maximum absolute atomic E-state index is 2.51. The summed E-state index contributed by atoms with van der Waals surface area (Å²) < 4.78 is 0. The molecule has 0 saturated heterocycles. The van der Waals surface area contributed by atoms with E-state index in [4.69, 9.17) is 0 Å². The van der Waals surface area contributed by atoms with Crippen LogP contribution in [0.15, 0.2) is 12.1 Å². The van der Waals surface area contributed by atoms with Gasteiger partial charge in [0.15, 0.2) is 0 Å². The summed E-state index contributed by atoms with van der Waals surface area (Å²) in [7, 11) is 0. The summed E-state index contributed by atoms with van der Waals surface area (Å²) in [5.74, 6) is 0. The van der Waals surface area contributed by atoms with E-state index >= 15 is 0 Å². The first-order valence-corrected chi connectivity index (χ1v) is 8.57. The highest BCUT2D eigenvalue weighted by Crippen LogP contribution is 2.31. The van der Waals surface area contributed by atoms with Gasteiger partial charge < -0.3 is 4.90 Å². The SMILES string of the molecule is CC.CC.CC.CCN1CCCc2cc(C)cc(C)c21. The van der Waals surface area contributed by atoms with E-state index in [9.17, 15) is 0 Å². The number of nitrogens with zero attached hydrogens (tertiary/aromatic N) is 1. The average molecular weight is 280 g/mol. The molecule has 0 radical (unpaired) electrons. The summed E-state index contributed by atoms with van der Waals surface area (Å²) in [6.07, 6.45) is 2.57. The van der Waals surface area contributed by atoms with Gasteiger partial charge in [0.25, 0.3) is 0 Å². The van der Waals surface area contributed by atoms with Crippen LogP contribution in [0.3, 0.4) is 0 Å². The van der Waals surface area contributed by atoms with Gasteiger partial charge in [-0.05, 0) is 44.7 Å². The highest BCUT2D eigenvalue weighted by atomic mass is 15.1. The molecule has 2 rings (SSSR count). The summed E-state index contributed by atoms with van der Waals surface area (Å²) in [5.41, 5.74) is 5.90. The lowest BCUT2D eigenvalue weighted by molar-refractivity contribution is 0.704. The van der Waals surface area contributed by atoms with Crippen LogP contribution >= 0.6 is 0 Å². The Morgan fingerprint density at radius 3 is 2.00 bits per heavy atom. The van der Waals surface area contributed by atoms with Gasteiger partial charge in [-0.2, -0.15) is 0 Å². The molecular weight excluding hydrogens is 242 g/mol. The predicted octanol–water partition coefficient (Wildman–Crippen LogP) is 6.15. The van der Waals surface area contributed by atoms with Crippen LogP contribution in [-0.4, -0.2) is 13.1 Å². The smallest absolute Gasteiger partial charge is 0.0428 e. The monoisotopic (exact) mass is 279 g/mol. The first kappa shape index (κ1) is 21.3. The highest BCUT2D eigenvalue weighted by Gasteiger charge is 2.17. The summed E-state index contributed by atoms with van der Waals surface area (Å²) in [6.45, 7) is 21.0. The van der Waals surface area contributed by atoms with Gasteiger partial charge >= 0.3 is 0 Å². The number of rotatable bonds is 1. The quantitative estimate of drug-likeness (QED) is 0.595. The number of anilines is 1. The van der Waals surface area contributed by atoms with E-state index in [0.29, 0.717) is 0 Å². The van der Waals surface area contributed by atoms with E-state index < -0.39 is 0 Å². The standard InChI is InChI=1S/C13H19N.3C2H6/c1-4-14-7-5-6-12-9-10(2)8-11(3)13(12)14;3*1-2/h8-9H,4-7H2,1-3H3;3*1-2H3. The molecule has 0 atom stereocenters. The Labute approximate surface area is 128 Å².